The van der Waals surface area contributed by atoms with Crippen molar-refractivity contribution in [3.8, 4) is 0 Å². The third kappa shape index (κ3) is 5.75. The maximum absolute atomic E-state index is 12.7. The minimum atomic E-state index is -0.154. The largest absolute Gasteiger partial charge is 0.289 e. The molecule has 0 fully saturated rings. The van der Waals surface area contributed by atoms with E-state index in [1.807, 2.05) is 63.3 Å². The van der Waals surface area contributed by atoms with Crippen LogP contribution in [0.5, 0.6) is 0 Å². The molecule has 0 saturated heterocycles. The van der Waals surface area contributed by atoms with Crippen LogP contribution in [0.4, 0.5) is 0 Å². The summed E-state index contributed by atoms with van der Waals surface area (Å²) in [7, 11) is -0.154. The molecule has 0 saturated carbocycles. The SMILES string of the molecule is C=CC(C=C)=C(/C=C\C)/C(=C\C)[S+](CC)CC(=O)c1ccc(C)cc1. The monoisotopic (exact) mass is 353 g/mol. The van der Waals surface area contributed by atoms with Crippen LogP contribution in [0.2, 0.25) is 0 Å². The summed E-state index contributed by atoms with van der Waals surface area (Å²) in [6.07, 6.45) is 9.87. The molecule has 0 N–H and O–H groups in total. The van der Waals surface area contributed by atoms with Crippen LogP contribution in [0.1, 0.15) is 36.7 Å². The minimum absolute atomic E-state index is 0.154. The molecule has 0 aliphatic carbocycles. The number of ketones is 1. The molecular formula is C23H29OS+. The quantitative estimate of drug-likeness (QED) is 0.304. The average Bonchev–Trinajstić information content (AvgIpc) is 2.62. The summed E-state index contributed by atoms with van der Waals surface area (Å²) >= 11 is 0. The minimum Gasteiger partial charge on any atom is -0.289 e. The number of allylic oxidation sites excluding steroid dienone is 7. The lowest BCUT2D eigenvalue weighted by Crippen LogP contribution is -2.21. The standard InChI is InChI=1S/C23H29OS/c1-7-12-21(19(8-2)9-3)23(10-4)25(11-5)17-22(24)20-15-13-18(6)14-16-20/h7-10,12-16H,2-3,11,17H2,1,4-6H3/q+1/b12-7-,23-10+. The molecule has 1 nitrogen and oxygen atoms in total. The number of carbonyl (C=O) groups is 1. The Morgan fingerprint density at radius 2 is 1.72 bits per heavy atom. The lowest BCUT2D eigenvalue weighted by atomic mass is 10.1. The van der Waals surface area contributed by atoms with Gasteiger partial charge in [0.05, 0.1) is 0 Å². The normalized spacial score (nSPS) is 12.7. The predicted octanol–water partition coefficient (Wildman–Crippen LogP) is 5.96. The van der Waals surface area contributed by atoms with Crippen LogP contribution in [0, 0.1) is 6.92 Å². The highest BCUT2D eigenvalue weighted by molar-refractivity contribution is 8.01. The molecule has 1 aromatic rings. The molecule has 1 atom stereocenters. The van der Waals surface area contributed by atoms with Gasteiger partial charge in [0.1, 0.15) is 5.75 Å². The molecule has 0 aromatic heterocycles. The first-order valence-electron chi connectivity index (χ1n) is 8.58. The average molecular weight is 354 g/mol. The van der Waals surface area contributed by atoms with Gasteiger partial charge in [0.25, 0.3) is 0 Å². The highest BCUT2D eigenvalue weighted by atomic mass is 32.2. The second-order valence-corrected chi connectivity index (χ2v) is 7.94. The Bertz CT molecular complexity index is 692. The van der Waals surface area contributed by atoms with E-state index in [0.29, 0.717) is 5.75 Å². The van der Waals surface area contributed by atoms with Crippen LogP contribution in [0.15, 0.2) is 83.9 Å². The van der Waals surface area contributed by atoms with Crippen molar-refractivity contribution >= 4 is 16.7 Å². The Kier molecular flexibility index (Phi) is 9.01. The number of carbonyl (C=O) groups excluding carboxylic acids is 1. The zero-order valence-corrected chi connectivity index (χ0v) is 16.7. The Morgan fingerprint density at radius 3 is 2.16 bits per heavy atom. The van der Waals surface area contributed by atoms with Gasteiger partial charge < -0.3 is 0 Å². The van der Waals surface area contributed by atoms with Crippen molar-refractivity contribution in [2.45, 2.75) is 27.7 Å². The maximum Gasteiger partial charge on any atom is 0.212 e. The lowest BCUT2D eigenvalue weighted by molar-refractivity contribution is 0.102. The first kappa shape index (κ1) is 21.0. The zero-order chi connectivity index (χ0) is 18.8. The fourth-order valence-corrected chi connectivity index (χ4v) is 4.57. The fourth-order valence-electron chi connectivity index (χ4n) is 2.58. The number of Topliss-reactive ketones (excluding diaryl/α,β-unsaturated/α-hetero) is 1. The first-order chi connectivity index (χ1) is 12.0. The molecule has 0 spiro atoms. The van der Waals surface area contributed by atoms with Gasteiger partial charge in [-0.15, -0.1) is 0 Å². The molecule has 0 aliphatic heterocycles. The third-order valence-electron chi connectivity index (χ3n) is 3.95. The van der Waals surface area contributed by atoms with Gasteiger partial charge in [-0.05, 0) is 39.3 Å². The molecule has 0 heterocycles. The predicted molar refractivity (Wildman–Crippen MR) is 114 cm³/mol. The summed E-state index contributed by atoms with van der Waals surface area (Å²) in [5.74, 6) is 1.66. The Labute approximate surface area is 155 Å². The van der Waals surface area contributed by atoms with E-state index < -0.39 is 0 Å². The highest BCUT2D eigenvalue weighted by Gasteiger charge is 2.29. The molecule has 0 radical (unpaired) electrons. The van der Waals surface area contributed by atoms with Crippen molar-refractivity contribution in [1.82, 2.24) is 0 Å². The van der Waals surface area contributed by atoms with Gasteiger partial charge in [-0.2, -0.15) is 0 Å². The highest BCUT2D eigenvalue weighted by Crippen LogP contribution is 2.26. The molecule has 0 aliphatic rings. The molecule has 25 heavy (non-hydrogen) atoms. The van der Waals surface area contributed by atoms with Crippen LogP contribution in [0.25, 0.3) is 0 Å². The van der Waals surface area contributed by atoms with Gasteiger partial charge >= 0.3 is 0 Å². The van der Waals surface area contributed by atoms with Crippen molar-refractivity contribution in [1.29, 1.82) is 0 Å². The summed E-state index contributed by atoms with van der Waals surface area (Å²) in [5, 5.41) is 0. The summed E-state index contributed by atoms with van der Waals surface area (Å²) in [4.78, 5) is 13.9. The van der Waals surface area contributed by atoms with E-state index in [-0.39, 0.29) is 16.7 Å². The van der Waals surface area contributed by atoms with Gasteiger partial charge in [0, 0.05) is 22.0 Å². The van der Waals surface area contributed by atoms with Gasteiger partial charge in [-0.1, -0.05) is 67.3 Å². The molecule has 0 amide bonds. The van der Waals surface area contributed by atoms with Gasteiger partial charge in [-0.3, -0.25) is 4.79 Å². The second kappa shape index (κ2) is 10.7. The summed E-state index contributed by atoms with van der Waals surface area (Å²) in [6.45, 7) is 16.0. The number of hydrogen-bond donors (Lipinski definition) is 0. The van der Waals surface area contributed by atoms with Crippen LogP contribution >= 0.6 is 0 Å². The van der Waals surface area contributed by atoms with E-state index in [1.165, 1.54) is 10.5 Å². The Balaban J connectivity index is 3.19. The fraction of sp³-hybridized carbons (Fsp3) is 0.261. The van der Waals surface area contributed by atoms with E-state index in [4.69, 9.17) is 0 Å². The molecule has 0 bridgehead atoms. The van der Waals surface area contributed by atoms with Crippen LogP contribution < -0.4 is 0 Å². The lowest BCUT2D eigenvalue weighted by Gasteiger charge is -2.13. The third-order valence-corrected chi connectivity index (χ3v) is 6.34. The van der Waals surface area contributed by atoms with E-state index in [0.717, 1.165) is 22.5 Å². The summed E-state index contributed by atoms with van der Waals surface area (Å²) < 4.78 is 0. The van der Waals surface area contributed by atoms with Crippen LogP contribution in [-0.2, 0) is 10.9 Å². The maximum atomic E-state index is 12.7. The van der Waals surface area contributed by atoms with Gasteiger partial charge in [0.2, 0.25) is 5.78 Å². The van der Waals surface area contributed by atoms with Crippen LogP contribution in [-0.4, -0.2) is 17.3 Å². The second-order valence-electron chi connectivity index (χ2n) is 5.65. The summed E-state index contributed by atoms with van der Waals surface area (Å²) in [6, 6.07) is 7.83. The number of benzene rings is 1. The van der Waals surface area contributed by atoms with E-state index in [2.05, 4.69) is 32.2 Å². The van der Waals surface area contributed by atoms with Gasteiger partial charge in [-0.25, -0.2) is 0 Å². The number of rotatable bonds is 9. The molecule has 1 unspecified atom stereocenters. The first-order valence-corrected chi connectivity index (χ1v) is 10.1. The van der Waals surface area contributed by atoms with Crippen molar-refractivity contribution in [2.75, 3.05) is 11.5 Å². The smallest absolute Gasteiger partial charge is 0.212 e. The number of aryl methyl sites for hydroxylation is 1. The Morgan fingerprint density at radius 1 is 1.12 bits per heavy atom. The van der Waals surface area contributed by atoms with Gasteiger partial charge in [0.15, 0.2) is 10.7 Å². The van der Waals surface area contributed by atoms with Crippen molar-refractivity contribution < 1.29 is 4.79 Å². The van der Waals surface area contributed by atoms with Crippen molar-refractivity contribution in [3.63, 3.8) is 0 Å². The topological polar surface area (TPSA) is 17.1 Å². The van der Waals surface area contributed by atoms with E-state index in [9.17, 15) is 4.79 Å². The summed E-state index contributed by atoms with van der Waals surface area (Å²) in [5.41, 5.74) is 4.06. The zero-order valence-electron chi connectivity index (χ0n) is 15.8. The van der Waals surface area contributed by atoms with E-state index in [1.54, 1.807) is 0 Å². The van der Waals surface area contributed by atoms with Crippen LogP contribution in [0.3, 0.4) is 0 Å². The molecule has 1 rings (SSSR count). The van der Waals surface area contributed by atoms with Crippen molar-refractivity contribution in [3.05, 3.63) is 95.0 Å². The van der Waals surface area contributed by atoms with E-state index >= 15 is 0 Å². The molecule has 132 valence electrons. The Hall–Kier alpha value is -2.06. The molecule has 2 heteroatoms. The number of hydrogen-bond acceptors (Lipinski definition) is 1. The van der Waals surface area contributed by atoms with Crippen molar-refractivity contribution in [2.24, 2.45) is 0 Å². The molecule has 1 aromatic carbocycles. The molecular weight excluding hydrogens is 324 g/mol.